The van der Waals surface area contributed by atoms with Crippen molar-refractivity contribution in [2.24, 2.45) is 5.92 Å². The van der Waals surface area contributed by atoms with Gasteiger partial charge in [0, 0.05) is 24.7 Å². The Bertz CT molecular complexity index is 601. The molecule has 3 rings (SSSR count). The molecule has 7 heteroatoms. The van der Waals surface area contributed by atoms with Crippen LogP contribution in [0.2, 0.25) is 0 Å². The van der Waals surface area contributed by atoms with Gasteiger partial charge in [0.05, 0.1) is 12.7 Å². The Morgan fingerprint density at radius 1 is 1.28 bits per heavy atom. The summed E-state index contributed by atoms with van der Waals surface area (Å²) in [4.78, 5) is 25.6. The van der Waals surface area contributed by atoms with Gasteiger partial charge in [-0.25, -0.2) is 4.79 Å². The van der Waals surface area contributed by atoms with Crippen molar-refractivity contribution in [3.8, 4) is 0 Å². The Hall–Kier alpha value is -1.89. The molecule has 0 radical (unpaired) electrons. The number of hydrogen-bond acceptors (Lipinski definition) is 5. The quantitative estimate of drug-likeness (QED) is 0.795. The smallest absolute Gasteiger partial charge is 0.358 e. The summed E-state index contributed by atoms with van der Waals surface area (Å²) >= 11 is 0. The number of aromatic amines is 1. The zero-order valence-corrected chi connectivity index (χ0v) is 15.0. The third kappa shape index (κ3) is 4.39. The van der Waals surface area contributed by atoms with Gasteiger partial charge in [-0.2, -0.15) is 5.10 Å². The highest BCUT2D eigenvalue weighted by Crippen LogP contribution is 2.28. The van der Waals surface area contributed by atoms with Gasteiger partial charge >= 0.3 is 5.97 Å². The molecule has 1 aromatic heterocycles. The predicted octanol–water partition coefficient (Wildman–Crippen LogP) is 2.11. The summed E-state index contributed by atoms with van der Waals surface area (Å²) in [6.45, 7) is 5.79. The molecule has 1 aliphatic carbocycles. The van der Waals surface area contributed by atoms with E-state index in [1.54, 1.807) is 17.9 Å². The van der Waals surface area contributed by atoms with Crippen LogP contribution in [0.3, 0.4) is 0 Å². The summed E-state index contributed by atoms with van der Waals surface area (Å²) in [6.07, 6.45) is 4.72. The zero-order valence-electron chi connectivity index (χ0n) is 15.0. The lowest BCUT2D eigenvalue weighted by Gasteiger charge is -2.39. The summed E-state index contributed by atoms with van der Waals surface area (Å²) in [5.74, 6) is 0.586. The summed E-state index contributed by atoms with van der Waals surface area (Å²) in [7, 11) is 0. The second kappa shape index (κ2) is 7.99. The maximum absolute atomic E-state index is 12.2. The second-order valence-electron chi connectivity index (χ2n) is 7.12. The number of nitrogens with one attached hydrogen (secondary N) is 1. The summed E-state index contributed by atoms with van der Waals surface area (Å²) in [5, 5.41) is 6.86. The molecule has 0 aromatic carbocycles. The summed E-state index contributed by atoms with van der Waals surface area (Å²) in [6, 6.07) is 1.71. The predicted molar refractivity (Wildman–Crippen MR) is 91.2 cm³/mol. The lowest BCUT2D eigenvalue weighted by atomic mass is 9.89. The van der Waals surface area contributed by atoms with Crippen LogP contribution in [-0.2, 0) is 14.3 Å². The molecule has 0 spiro atoms. The Labute approximate surface area is 148 Å². The van der Waals surface area contributed by atoms with Crippen LogP contribution in [0.4, 0.5) is 0 Å². The molecule has 0 bridgehead atoms. The number of rotatable bonds is 6. The third-order valence-corrected chi connectivity index (χ3v) is 5.16. The number of H-pyrrole nitrogens is 1. The number of ether oxygens (including phenoxy) is 2. The van der Waals surface area contributed by atoms with Crippen molar-refractivity contribution in [2.45, 2.75) is 51.6 Å². The van der Waals surface area contributed by atoms with Crippen molar-refractivity contribution in [3.63, 3.8) is 0 Å². The molecule has 0 atom stereocenters. The fourth-order valence-corrected chi connectivity index (χ4v) is 3.41. The monoisotopic (exact) mass is 349 g/mol. The van der Waals surface area contributed by atoms with Crippen molar-refractivity contribution in [3.05, 3.63) is 17.5 Å². The van der Waals surface area contributed by atoms with Crippen LogP contribution in [0.25, 0.3) is 0 Å². The highest BCUT2D eigenvalue weighted by Gasteiger charge is 2.33. The molecule has 2 aliphatic rings. The van der Waals surface area contributed by atoms with Gasteiger partial charge in [0.25, 0.3) is 0 Å². The van der Waals surface area contributed by atoms with Crippen LogP contribution in [0.1, 0.15) is 61.6 Å². The molecule has 1 amide bonds. The van der Waals surface area contributed by atoms with E-state index in [0.29, 0.717) is 19.7 Å². The number of carbonyl (C=O) groups is 2. The highest BCUT2D eigenvalue weighted by molar-refractivity contribution is 5.87. The van der Waals surface area contributed by atoms with E-state index >= 15 is 0 Å². The van der Waals surface area contributed by atoms with Crippen molar-refractivity contribution in [1.82, 2.24) is 15.1 Å². The van der Waals surface area contributed by atoms with Crippen LogP contribution >= 0.6 is 0 Å². The first-order chi connectivity index (χ1) is 12.1. The number of esters is 1. The van der Waals surface area contributed by atoms with Gasteiger partial charge in [0.15, 0.2) is 5.69 Å². The van der Waals surface area contributed by atoms with Gasteiger partial charge in [-0.05, 0) is 44.6 Å². The highest BCUT2D eigenvalue weighted by atomic mass is 16.5. The van der Waals surface area contributed by atoms with E-state index in [9.17, 15) is 9.59 Å². The number of hydrogen-bond donors (Lipinski definition) is 1. The average molecular weight is 349 g/mol. The maximum atomic E-state index is 12.2. The largest absolute Gasteiger partial charge is 0.461 e. The number of amides is 1. The topological polar surface area (TPSA) is 84.5 Å². The van der Waals surface area contributed by atoms with Crippen molar-refractivity contribution in [2.75, 3.05) is 26.3 Å². The second-order valence-corrected chi connectivity index (χ2v) is 7.12. The lowest BCUT2D eigenvalue weighted by Crippen LogP contribution is -2.50. The minimum Gasteiger partial charge on any atom is -0.461 e. The van der Waals surface area contributed by atoms with Crippen LogP contribution in [0, 0.1) is 5.92 Å². The standard InChI is InChI=1S/C18H27N3O4/c1-3-24-18(23)16-8-15(19-20-16)13-9-21(10-13)17(22)11-25-14-6-4-12(2)5-7-14/h8,12-14H,3-7,9-11H2,1-2H3,(H,19,20). The van der Waals surface area contributed by atoms with Gasteiger partial charge in [-0.15, -0.1) is 0 Å². The van der Waals surface area contributed by atoms with E-state index in [0.717, 1.165) is 24.5 Å². The molecule has 2 heterocycles. The van der Waals surface area contributed by atoms with E-state index in [-0.39, 0.29) is 30.2 Å². The fourth-order valence-electron chi connectivity index (χ4n) is 3.41. The third-order valence-electron chi connectivity index (χ3n) is 5.16. The van der Waals surface area contributed by atoms with Gasteiger partial charge in [-0.1, -0.05) is 6.92 Å². The molecular formula is C18H27N3O4. The molecule has 0 unspecified atom stereocenters. The first kappa shape index (κ1) is 17.9. The zero-order chi connectivity index (χ0) is 17.8. The molecular weight excluding hydrogens is 322 g/mol. The lowest BCUT2D eigenvalue weighted by molar-refractivity contribution is -0.143. The first-order valence-corrected chi connectivity index (χ1v) is 9.18. The van der Waals surface area contributed by atoms with Crippen LogP contribution in [0.5, 0.6) is 0 Å². The number of aromatic nitrogens is 2. The molecule has 1 aromatic rings. The Morgan fingerprint density at radius 3 is 2.68 bits per heavy atom. The number of likely N-dealkylation sites (tertiary alicyclic amines) is 1. The van der Waals surface area contributed by atoms with Crippen molar-refractivity contribution < 1.29 is 19.1 Å². The molecule has 1 aliphatic heterocycles. The Balaban J connectivity index is 1.40. The molecule has 25 heavy (non-hydrogen) atoms. The minimum atomic E-state index is -0.424. The van der Waals surface area contributed by atoms with E-state index in [1.807, 2.05) is 0 Å². The van der Waals surface area contributed by atoms with Crippen LogP contribution < -0.4 is 0 Å². The van der Waals surface area contributed by atoms with Crippen LogP contribution in [-0.4, -0.2) is 59.4 Å². The number of nitrogens with zero attached hydrogens (tertiary/aromatic N) is 2. The van der Waals surface area contributed by atoms with Gasteiger partial charge in [0.1, 0.15) is 6.61 Å². The fraction of sp³-hybridized carbons (Fsp3) is 0.722. The first-order valence-electron chi connectivity index (χ1n) is 9.18. The summed E-state index contributed by atoms with van der Waals surface area (Å²) < 4.78 is 10.7. The molecule has 2 fully saturated rings. The molecule has 1 N–H and O–H groups in total. The van der Waals surface area contributed by atoms with Crippen molar-refractivity contribution >= 4 is 11.9 Å². The normalized spacial score (nSPS) is 24.0. The SMILES string of the molecule is CCOC(=O)c1cc(C2CN(C(=O)COC3CCC(C)CC3)C2)[nH]n1. The van der Waals surface area contributed by atoms with Gasteiger partial charge in [-0.3, -0.25) is 9.89 Å². The molecule has 138 valence electrons. The van der Waals surface area contributed by atoms with Crippen LogP contribution in [0.15, 0.2) is 6.07 Å². The van der Waals surface area contributed by atoms with E-state index < -0.39 is 5.97 Å². The van der Waals surface area contributed by atoms with Gasteiger partial charge < -0.3 is 14.4 Å². The molecule has 1 saturated heterocycles. The van der Waals surface area contributed by atoms with E-state index in [4.69, 9.17) is 9.47 Å². The number of carbonyl (C=O) groups excluding carboxylic acids is 2. The Kier molecular flexibility index (Phi) is 5.73. The molecule has 1 saturated carbocycles. The van der Waals surface area contributed by atoms with Crippen molar-refractivity contribution in [1.29, 1.82) is 0 Å². The molecule has 7 nitrogen and oxygen atoms in total. The Morgan fingerprint density at radius 2 is 2.00 bits per heavy atom. The summed E-state index contributed by atoms with van der Waals surface area (Å²) in [5.41, 5.74) is 1.16. The van der Waals surface area contributed by atoms with E-state index in [2.05, 4.69) is 17.1 Å². The van der Waals surface area contributed by atoms with E-state index in [1.165, 1.54) is 12.8 Å². The minimum absolute atomic E-state index is 0.0417. The maximum Gasteiger partial charge on any atom is 0.358 e. The van der Waals surface area contributed by atoms with Gasteiger partial charge in [0.2, 0.25) is 5.91 Å². The average Bonchev–Trinajstić information content (AvgIpc) is 3.03.